The fourth-order valence-corrected chi connectivity index (χ4v) is 0.581. The van der Waals surface area contributed by atoms with Gasteiger partial charge in [0, 0.05) is 7.97 Å². The molecule has 0 rings (SSSR count). The maximum atomic E-state index is 8.80. The molecule has 1 atom stereocenters. The molecule has 0 aliphatic rings. The molecule has 0 aromatic rings. The van der Waals surface area contributed by atoms with Crippen molar-refractivity contribution >= 4 is 0 Å². The second-order valence-corrected chi connectivity index (χ2v) is 2.90. The highest BCUT2D eigenvalue weighted by Gasteiger charge is 1.95. The molecule has 0 aromatic carbocycles. The Morgan fingerprint density at radius 2 is 1.64 bits per heavy atom. The Bertz CT molecular complexity index is 59.5. The normalized spacial score (nSPS) is 12.3. The fraction of sp³-hybridized carbons (Fsp3) is 1.00. The van der Waals surface area contributed by atoms with Crippen molar-refractivity contribution in [2.45, 2.75) is 40.7 Å². The lowest BCUT2D eigenvalue weighted by atomic mass is 10.2. The van der Waals surface area contributed by atoms with Gasteiger partial charge in [-0.1, -0.05) is 27.7 Å². The lowest BCUT2D eigenvalue weighted by Gasteiger charge is -2.08. The SMILES string of the molecule is CC.CC(C)CNCC(C)O.[HH]. The van der Waals surface area contributed by atoms with Crippen molar-refractivity contribution in [1.82, 2.24) is 5.32 Å². The predicted molar refractivity (Wildman–Crippen MR) is 52.9 cm³/mol. The maximum Gasteiger partial charge on any atom is 0.0636 e. The largest absolute Gasteiger partial charge is 0.392 e. The third kappa shape index (κ3) is 17.8. The van der Waals surface area contributed by atoms with E-state index in [-0.39, 0.29) is 7.53 Å². The van der Waals surface area contributed by atoms with Crippen LogP contribution in [0.5, 0.6) is 0 Å². The Kier molecular flexibility index (Phi) is 12.2. The van der Waals surface area contributed by atoms with Crippen LogP contribution in [0.3, 0.4) is 0 Å². The highest BCUT2D eigenvalue weighted by atomic mass is 16.3. The van der Waals surface area contributed by atoms with Gasteiger partial charge in [0.2, 0.25) is 0 Å². The summed E-state index contributed by atoms with van der Waals surface area (Å²) in [4.78, 5) is 0. The molecule has 11 heavy (non-hydrogen) atoms. The van der Waals surface area contributed by atoms with Gasteiger partial charge in [-0.05, 0) is 19.4 Å². The van der Waals surface area contributed by atoms with E-state index >= 15 is 0 Å². The smallest absolute Gasteiger partial charge is 0.0636 e. The van der Waals surface area contributed by atoms with Crippen molar-refractivity contribution in [3.05, 3.63) is 0 Å². The first-order chi connectivity index (χ1) is 5.13. The third-order valence-electron chi connectivity index (χ3n) is 0.992. The van der Waals surface area contributed by atoms with Crippen LogP contribution in [0.2, 0.25) is 0 Å². The molecule has 0 saturated heterocycles. The number of aliphatic hydroxyl groups excluding tert-OH is 1. The molecule has 0 spiro atoms. The molecule has 72 valence electrons. The average Bonchev–Trinajstić information content (AvgIpc) is 1.90. The zero-order valence-electron chi connectivity index (χ0n) is 8.52. The van der Waals surface area contributed by atoms with Crippen LogP contribution in [-0.4, -0.2) is 24.3 Å². The Labute approximate surface area is 72.5 Å². The minimum absolute atomic E-state index is 0. The molecule has 2 nitrogen and oxygen atoms in total. The van der Waals surface area contributed by atoms with E-state index in [0.29, 0.717) is 12.5 Å². The fourth-order valence-electron chi connectivity index (χ4n) is 0.581. The summed E-state index contributed by atoms with van der Waals surface area (Å²) in [5, 5.41) is 11.9. The van der Waals surface area contributed by atoms with Crippen molar-refractivity contribution in [3.63, 3.8) is 0 Å². The van der Waals surface area contributed by atoms with Gasteiger partial charge in [-0.25, -0.2) is 0 Å². The average molecular weight is 163 g/mol. The Morgan fingerprint density at radius 1 is 1.18 bits per heavy atom. The number of hydrogen-bond donors (Lipinski definition) is 2. The van der Waals surface area contributed by atoms with E-state index < -0.39 is 0 Å². The summed E-state index contributed by atoms with van der Waals surface area (Å²) in [7, 11) is 0. The maximum absolute atomic E-state index is 8.80. The van der Waals surface area contributed by atoms with E-state index in [1.165, 1.54) is 0 Å². The summed E-state index contributed by atoms with van der Waals surface area (Å²) in [6, 6.07) is 0. The van der Waals surface area contributed by atoms with E-state index in [9.17, 15) is 0 Å². The minimum Gasteiger partial charge on any atom is -0.392 e. The number of hydrogen-bond acceptors (Lipinski definition) is 2. The summed E-state index contributed by atoms with van der Waals surface area (Å²) in [5.41, 5.74) is 0. The molecular weight excluding hydrogens is 138 g/mol. The van der Waals surface area contributed by atoms with E-state index in [0.717, 1.165) is 6.54 Å². The monoisotopic (exact) mass is 163 g/mol. The number of nitrogens with one attached hydrogen (secondary N) is 1. The molecule has 0 bridgehead atoms. The molecule has 0 aromatic heterocycles. The van der Waals surface area contributed by atoms with Gasteiger partial charge < -0.3 is 10.4 Å². The summed E-state index contributed by atoms with van der Waals surface area (Å²) in [6.07, 6.45) is -0.219. The van der Waals surface area contributed by atoms with Gasteiger partial charge in [0.25, 0.3) is 0 Å². The van der Waals surface area contributed by atoms with E-state index in [1.54, 1.807) is 6.92 Å². The minimum atomic E-state index is -0.219. The Balaban J connectivity index is -0.000000249. The summed E-state index contributed by atoms with van der Waals surface area (Å²) in [6.45, 7) is 11.8. The van der Waals surface area contributed by atoms with Crippen LogP contribution in [0.1, 0.15) is 36.0 Å². The van der Waals surface area contributed by atoms with Crippen molar-refractivity contribution < 1.29 is 6.53 Å². The highest BCUT2D eigenvalue weighted by molar-refractivity contribution is 4.54. The van der Waals surface area contributed by atoms with E-state index in [4.69, 9.17) is 5.11 Å². The number of rotatable bonds is 4. The van der Waals surface area contributed by atoms with Crippen molar-refractivity contribution in [2.75, 3.05) is 13.1 Å². The van der Waals surface area contributed by atoms with Gasteiger partial charge in [0.15, 0.2) is 0 Å². The van der Waals surface area contributed by atoms with Gasteiger partial charge in [0.05, 0.1) is 6.10 Å². The molecule has 0 aliphatic carbocycles. The first-order valence-electron chi connectivity index (χ1n) is 4.51. The van der Waals surface area contributed by atoms with E-state index in [2.05, 4.69) is 19.2 Å². The Morgan fingerprint density at radius 3 is 1.91 bits per heavy atom. The zero-order valence-corrected chi connectivity index (χ0v) is 8.52. The number of aliphatic hydroxyl groups is 1. The molecule has 0 fully saturated rings. The summed E-state index contributed by atoms with van der Waals surface area (Å²) < 4.78 is 0. The van der Waals surface area contributed by atoms with Gasteiger partial charge in [-0.15, -0.1) is 0 Å². The topological polar surface area (TPSA) is 32.3 Å². The lowest BCUT2D eigenvalue weighted by Crippen LogP contribution is -2.27. The van der Waals surface area contributed by atoms with Gasteiger partial charge >= 0.3 is 0 Å². The van der Waals surface area contributed by atoms with Crippen molar-refractivity contribution in [1.29, 1.82) is 0 Å². The molecule has 2 N–H and O–H groups in total. The predicted octanol–water partition coefficient (Wildman–Crippen LogP) is 1.89. The van der Waals surface area contributed by atoms with Crippen molar-refractivity contribution in [2.24, 2.45) is 5.92 Å². The van der Waals surface area contributed by atoms with Gasteiger partial charge in [-0.2, -0.15) is 0 Å². The molecule has 0 amide bonds. The zero-order chi connectivity index (χ0) is 9.28. The van der Waals surface area contributed by atoms with Crippen LogP contribution in [0.25, 0.3) is 0 Å². The standard InChI is InChI=1S/C7H17NO.C2H6.H2/c1-6(2)4-8-5-7(3)9;1-2;/h6-9H,4-5H2,1-3H3;1-2H3;1H. The van der Waals surface area contributed by atoms with Gasteiger partial charge in [-0.3, -0.25) is 0 Å². The first-order valence-corrected chi connectivity index (χ1v) is 4.51. The van der Waals surface area contributed by atoms with Crippen LogP contribution < -0.4 is 5.32 Å². The lowest BCUT2D eigenvalue weighted by molar-refractivity contribution is 0.190. The van der Waals surface area contributed by atoms with E-state index in [1.807, 2.05) is 13.8 Å². The van der Waals surface area contributed by atoms with Crippen LogP contribution in [-0.2, 0) is 0 Å². The quantitative estimate of drug-likeness (QED) is 0.663. The van der Waals surface area contributed by atoms with Crippen LogP contribution in [0.15, 0.2) is 0 Å². The second kappa shape index (κ2) is 9.92. The van der Waals surface area contributed by atoms with Crippen LogP contribution >= 0.6 is 0 Å². The molecule has 1 unspecified atom stereocenters. The highest BCUT2D eigenvalue weighted by Crippen LogP contribution is 1.86. The van der Waals surface area contributed by atoms with Crippen LogP contribution in [0.4, 0.5) is 0 Å². The molecule has 0 heterocycles. The van der Waals surface area contributed by atoms with Crippen molar-refractivity contribution in [3.8, 4) is 0 Å². The van der Waals surface area contributed by atoms with Gasteiger partial charge in [0.1, 0.15) is 0 Å². The first kappa shape index (κ1) is 13.5. The summed E-state index contributed by atoms with van der Waals surface area (Å²) in [5.74, 6) is 0.670. The third-order valence-corrected chi connectivity index (χ3v) is 0.992. The molecular formula is C9H25NO. The molecule has 0 aliphatic heterocycles. The second-order valence-electron chi connectivity index (χ2n) is 2.90. The Hall–Kier alpha value is -0.0800. The van der Waals surface area contributed by atoms with Crippen LogP contribution in [0, 0.1) is 5.92 Å². The molecule has 0 radical (unpaired) electrons. The molecule has 0 saturated carbocycles. The molecule has 2 heteroatoms. The summed E-state index contributed by atoms with van der Waals surface area (Å²) >= 11 is 0.